The molecule has 3 nitrogen and oxygen atoms in total. The van der Waals surface area contributed by atoms with Crippen molar-refractivity contribution in [3.8, 4) is 0 Å². The molecule has 2 rings (SSSR count). The first kappa shape index (κ1) is 9.31. The highest BCUT2D eigenvalue weighted by molar-refractivity contribution is 5.96. The lowest BCUT2D eigenvalue weighted by Gasteiger charge is -2.14. The Morgan fingerprint density at radius 2 is 2.14 bits per heavy atom. The Kier molecular flexibility index (Phi) is 1.91. The molecule has 0 aromatic carbocycles. The Balaban J connectivity index is 2.45. The van der Waals surface area contributed by atoms with E-state index in [2.05, 4.69) is 26.1 Å². The van der Waals surface area contributed by atoms with E-state index < -0.39 is 0 Å². The maximum atomic E-state index is 11.5. The highest BCUT2D eigenvalue weighted by Gasteiger charge is 2.26. The standard InChI is InChI=1S/C11H15NO2/c1-11(2,3)9-6-7-8(14-9)4-5-12-10(7)13/h6H,4-5H2,1-3H3,(H,12,13). The minimum absolute atomic E-state index is 0.00880. The van der Waals surface area contributed by atoms with Gasteiger partial charge < -0.3 is 9.73 Å². The molecule has 1 N–H and O–H groups in total. The summed E-state index contributed by atoms with van der Waals surface area (Å²) in [6.07, 6.45) is 0.803. The van der Waals surface area contributed by atoms with Crippen molar-refractivity contribution in [1.82, 2.24) is 5.32 Å². The molecular weight excluding hydrogens is 178 g/mol. The lowest BCUT2D eigenvalue weighted by Crippen LogP contribution is -2.30. The molecular formula is C11H15NO2. The second kappa shape index (κ2) is 2.87. The zero-order chi connectivity index (χ0) is 10.3. The third-order valence-corrected chi connectivity index (χ3v) is 2.43. The molecule has 1 amide bonds. The minimum atomic E-state index is -0.0301. The predicted molar refractivity (Wildman–Crippen MR) is 53.4 cm³/mol. The van der Waals surface area contributed by atoms with Crippen molar-refractivity contribution in [2.75, 3.05) is 6.54 Å². The Labute approximate surface area is 83.5 Å². The van der Waals surface area contributed by atoms with Gasteiger partial charge in [-0.05, 0) is 6.07 Å². The molecule has 2 heterocycles. The number of rotatable bonds is 0. The molecule has 76 valence electrons. The fraction of sp³-hybridized carbons (Fsp3) is 0.545. The maximum Gasteiger partial charge on any atom is 0.254 e. The van der Waals surface area contributed by atoms with Gasteiger partial charge in [0.1, 0.15) is 11.5 Å². The average Bonchev–Trinajstić information content (AvgIpc) is 2.48. The second-order valence-electron chi connectivity index (χ2n) is 4.70. The molecule has 1 aliphatic heterocycles. The molecule has 0 spiro atoms. The van der Waals surface area contributed by atoms with Gasteiger partial charge in [0.15, 0.2) is 0 Å². The average molecular weight is 193 g/mol. The van der Waals surface area contributed by atoms with Gasteiger partial charge in [0.05, 0.1) is 5.56 Å². The van der Waals surface area contributed by atoms with E-state index in [1.165, 1.54) is 0 Å². The fourth-order valence-electron chi connectivity index (χ4n) is 1.56. The van der Waals surface area contributed by atoms with E-state index in [9.17, 15) is 4.79 Å². The number of nitrogens with one attached hydrogen (secondary N) is 1. The van der Waals surface area contributed by atoms with Gasteiger partial charge in [0.25, 0.3) is 5.91 Å². The third-order valence-electron chi connectivity index (χ3n) is 2.43. The van der Waals surface area contributed by atoms with Gasteiger partial charge >= 0.3 is 0 Å². The molecule has 1 aromatic rings. The topological polar surface area (TPSA) is 42.2 Å². The monoisotopic (exact) mass is 193 g/mol. The Morgan fingerprint density at radius 1 is 1.43 bits per heavy atom. The predicted octanol–water partition coefficient (Wildman–Crippen LogP) is 1.86. The summed E-state index contributed by atoms with van der Waals surface area (Å²) in [5, 5.41) is 2.80. The van der Waals surface area contributed by atoms with Gasteiger partial charge in [-0.15, -0.1) is 0 Å². The van der Waals surface area contributed by atoms with Gasteiger partial charge in [-0.25, -0.2) is 0 Å². The van der Waals surface area contributed by atoms with Crippen LogP contribution in [0.25, 0.3) is 0 Å². The number of hydrogen-bond acceptors (Lipinski definition) is 2. The van der Waals surface area contributed by atoms with Crippen molar-refractivity contribution in [3.05, 3.63) is 23.2 Å². The molecule has 1 aliphatic rings. The van der Waals surface area contributed by atoms with Crippen molar-refractivity contribution in [3.63, 3.8) is 0 Å². The summed E-state index contributed by atoms with van der Waals surface area (Å²) >= 11 is 0. The van der Waals surface area contributed by atoms with Crippen LogP contribution >= 0.6 is 0 Å². The summed E-state index contributed by atoms with van der Waals surface area (Å²) in [7, 11) is 0. The van der Waals surface area contributed by atoms with Crippen LogP contribution in [0.15, 0.2) is 10.5 Å². The summed E-state index contributed by atoms with van der Waals surface area (Å²) in [6.45, 7) is 6.92. The SMILES string of the molecule is CC(C)(C)c1cc2c(o1)CCNC2=O. The van der Waals surface area contributed by atoms with E-state index in [1.807, 2.05) is 6.07 Å². The van der Waals surface area contributed by atoms with Gasteiger partial charge in [-0.1, -0.05) is 20.8 Å². The van der Waals surface area contributed by atoms with Crippen LogP contribution in [-0.2, 0) is 11.8 Å². The van der Waals surface area contributed by atoms with Crippen molar-refractivity contribution in [2.24, 2.45) is 0 Å². The van der Waals surface area contributed by atoms with Crippen LogP contribution in [-0.4, -0.2) is 12.5 Å². The number of hydrogen-bond donors (Lipinski definition) is 1. The Bertz CT molecular complexity index is 371. The van der Waals surface area contributed by atoms with Gasteiger partial charge in [0, 0.05) is 18.4 Å². The van der Waals surface area contributed by atoms with Crippen molar-refractivity contribution in [2.45, 2.75) is 32.6 Å². The van der Waals surface area contributed by atoms with Crippen LogP contribution in [0.2, 0.25) is 0 Å². The first-order chi connectivity index (χ1) is 6.48. The zero-order valence-corrected chi connectivity index (χ0v) is 8.81. The Hall–Kier alpha value is -1.25. The lowest BCUT2D eigenvalue weighted by atomic mass is 9.93. The van der Waals surface area contributed by atoms with Crippen LogP contribution in [0.5, 0.6) is 0 Å². The molecule has 0 saturated carbocycles. The molecule has 0 atom stereocenters. The minimum Gasteiger partial charge on any atom is -0.465 e. The van der Waals surface area contributed by atoms with E-state index >= 15 is 0 Å². The molecule has 1 aromatic heterocycles. The van der Waals surface area contributed by atoms with Crippen molar-refractivity contribution in [1.29, 1.82) is 0 Å². The highest BCUT2D eigenvalue weighted by atomic mass is 16.3. The number of carbonyl (C=O) groups is 1. The van der Waals surface area contributed by atoms with Crippen LogP contribution in [0.3, 0.4) is 0 Å². The van der Waals surface area contributed by atoms with Crippen LogP contribution in [0, 0.1) is 0 Å². The zero-order valence-electron chi connectivity index (χ0n) is 8.81. The van der Waals surface area contributed by atoms with Gasteiger partial charge in [0.2, 0.25) is 0 Å². The quantitative estimate of drug-likeness (QED) is 0.683. The third kappa shape index (κ3) is 1.43. The summed E-state index contributed by atoms with van der Waals surface area (Å²) in [4.78, 5) is 11.5. The smallest absolute Gasteiger partial charge is 0.254 e. The maximum absolute atomic E-state index is 11.5. The van der Waals surface area contributed by atoms with E-state index in [1.54, 1.807) is 0 Å². The molecule has 0 saturated heterocycles. The van der Waals surface area contributed by atoms with Crippen molar-refractivity contribution < 1.29 is 9.21 Å². The van der Waals surface area contributed by atoms with E-state index in [0.717, 1.165) is 17.9 Å². The van der Waals surface area contributed by atoms with Gasteiger partial charge in [-0.3, -0.25) is 4.79 Å². The first-order valence-corrected chi connectivity index (χ1v) is 4.90. The lowest BCUT2D eigenvalue weighted by molar-refractivity contribution is 0.0942. The summed E-state index contributed by atoms with van der Waals surface area (Å²) in [5.41, 5.74) is 0.679. The number of amides is 1. The number of carbonyl (C=O) groups excluding carboxylic acids is 1. The summed E-state index contributed by atoms with van der Waals surface area (Å²) in [5.74, 6) is 1.71. The Morgan fingerprint density at radius 3 is 2.71 bits per heavy atom. The molecule has 14 heavy (non-hydrogen) atoms. The van der Waals surface area contributed by atoms with E-state index in [-0.39, 0.29) is 11.3 Å². The summed E-state index contributed by atoms with van der Waals surface area (Å²) in [6, 6.07) is 1.86. The molecule has 0 unspecified atom stereocenters. The summed E-state index contributed by atoms with van der Waals surface area (Å²) < 4.78 is 5.68. The normalized spacial score (nSPS) is 16.4. The molecule has 0 fully saturated rings. The molecule has 0 bridgehead atoms. The number of furan rings is 1. The van der Waals surface area contributed by atoms with E-state index in [4.69, 9.17) is 4.42 Å². The van der Waals surface area contributed by atoms with E-state index in [0.29, 0.717) is 12.1 Å². The fourth-order valence-corrected chi connectivity index (χ4v) is 1.56. The van der Waals surface area contributed by atoms with Crippen LogP contribution < -0.4 is 5.32 Å². The molecule has 3 heteroatoms. The first-order valence-electron chi connectivity index (χ1n) is 4.90. The van der Waals surface area contributed by atoms with Crippen LogP contribution in [0.4, 0.5) is 0 Å². The molecule has 0 radical (unpaired) electrons. The highest BCUT2D eigenvalue weighted by Crippen LogP contribution is 2.28. The largest absolute Gasteiger partial charge is 0.465 e. The second-order valence-corrected chi connectivity index (χ2v) is 4.70. The van der Waals surface area contributed by atoms with Crippen molar-refractivity contribution >= 4 is 5.91 Å². The number of fused-ring (bicyclic) bond motifs is 1. The van der Waals surface area contributed by atoms with Gasteiger partial charge in [-0.2, -0.15) is 0 Å². The van der Waals surface area contributed by atoms with Crippen LogP contribution in [0.1, 0.15) is 42.6 Å². The molecule has 0 aliphatic carbocycles.